The fourth-order valence-electron chi connectivity index (χ4n) is 3.75. The molecule has 0 N–H and O–H groups in total. The molecule has 2 aliphatic heterocycles. The van der Waals surface area contributed by atoms with E-state index in [1.807, 2.05) is 48.0 Å². The number of nitrogens with zero attached hydrogens (tertiary/aromatic N) is 4. The topological polar surface area (TPSA) is 69.5 Å². The summed E-state index contributed by atoms with van der Waals surface area (Å²) in [6.45, 7) is 5.31. The highest BCUT2D eigenvalue weighted by Crippen LogP contribution is 2.46. The molecular formula is C20H26N4O3S. The van der Waals surface area contributed by atoms with E-state index in [1.165, 1.54) is 0 Å². The van der Waals surface area contributed by atoms with Gasteiger partial charge in [-0.2, -0.15) is 5.10 Å². The Bertz CT molecular complexity index is 834. The summed E-state index contributed by atoms with van der Waals surface area (Å²) in [4.78, 5) is 19.0. The van der Waals surface area contributed by atoms with E-state index in [9.17, 15) is 4.79 Å². The van der Waals surface area contributed by atoms with E-state index in [2.05, 4.69) is 10.1 Å². The van der Waals surface area contributed by atoms with Crippen molar-refractivity contribution in [1.82, 2.24) is 19.7 Å². The Hall–Kier alpha value is -1.90. The summed E-state index contributed by atoms with van der Waals surface area (Å²) in [6, 6.07) is 7.79. The number of likely N-dealkylation sites (tertiary alicyclic amines) is 1. The second-order valence-corrected chi connectivity index (χ2v) is 9.01. The molecular weight excluding hydrogens is 376 g/mol. The molecule has 2 aromatic heterocycles. The van der Waals surface area contributed by atoms with E-state index in [4.69, 9.17) is 9.47 Å². The van der Waals surface area contributed by atoms with E-state index in [1.54, 1.807) is 17.9 Å². The number of amides is 1. The van der Waals surface area contributed by atoms with Gasteiger partial charge in [-0.15, -0.1) is 11.8 Å². The van der Waals surface area contributed by atoms with Crippen molar-refractivity contribution in [2.45, 2.75) is 37.3 Å². The Kier molecular flexibility index (Phi) is 5.70. The van der Waals surface area contributed by atoms with Gasteiger partial charge in [0.15, 0.2) is 0 Å². The number of ether oxygens (including phenoxy) is 2. The van der Waals surface area contributed by atoms with Crippen LogP contribution in [0.2, 0.25) is 0 Å². The molecule has 1 spiro atoms. The maximum atomic E-state index is 12.6. The smallest absolute Gasteiger partial charge is 0.274 e. The number of hydrogen-bond donors (Lipinski definition) is 0. The van der Waals surface area contributed by atoms with Gasteiger partial charge in [0.05, 0.1) is 36.3 Å². The highest BCUT2D eigenvalue weighted by molar-refractivity contribution is 8.01. The molecule has 0 saturated carbocycles. The van der Waals surface area contributed by atoms with Gasteiger partial charge in [-0.05, 0) is 31.5 Å². The van der Waals surface area contributed by atoms with Crippen molar-refractivity contribution >= 4 is 17.7 Å². The second-order valence-electron chi connectivity index (χ2n) is 7.52. The SMILES string of the molecule is COCCn1ccc(C(=O)N2CC3(C[C@@H](OCc4cccc(C)n4)CS3)C2)n1. The molecule has 28 heavy (non-hydrogen) atoms. The zero-order valence-corrected chi connectivity index (χ0v) is 17.2. The van der Waals surface area contributed by atoms with E-state index in [-0.39, 0.29) is 16.8 Å². The van der Waals surface area contributed by atoms with Crippen molar-refractivity contribution < 1.29 is 14.3 Å². The average Bonchev–Trinajstić information content (AvgIpc) is 3.30. The van der Waals surface area contributed by atoms with Crippen molar-refractivity contribution in [2.24, 2.45) is 0 Å². The number of methoxy groups -OCH3 is 1. The zero-order chi connectivity index (χ0) is 19.6. The predicted octanol–water partition coefficient (Wildman–Crippen LogP) is 2.15. The second kappa shape index (κ2) is 8.23. The predicted molar refractivity (Wildman–Crippen MR) is 107 cm³/mol. The first kappa shape index (κ1) is 19.4. The molecule has 8 heteroatoms. The van der Waals surface area contributed by atoms with Gasteiger partial charge in [0.1, 0.15) is 5.69 Å². The van der Waals surface area contributed by atoms with Crippen molar-refractivity contribution in [2.75, 3.05) is 32.6 Å². The van der Waals surface area contributed by atoms with Crippen LogP contribution in [0.5, 0.6) is 0 Å². The van der Waals surface area contributed by atoms with Crippen LogP contribution in [0.3, 0.4) is 0 Å². The third kappa shape index (κ3) is 4.24. The van der Waals surface area contributed by atoms with Crippen LogP contribution in [0.15, 0.2) is 30.5 Å². The minimum Gasteiger partial charge on any atom is -0.383 e. The third-order valence-electron chi connectivity index (χ3n) is 5.22. The molecule has 4 heterocycles. The summed E-state index contributed by atoms with van der Waals surface area (Å²) in [5, 5.41) is 4.36. The summed E-state index contributed by atoms with van der Waals surface area (Å²) in [7, 11) is 1.66. The molecule has 4 rings (SSSR count). The Morgan fingerprint density at radius 1 is 1.36 bits per heavy atom. The largest absolute Gasteiger partial charge is 0.383 e. The highest BCUT2D eigenvalue weighted by Gasteiger charge is 2.51. The van der Waals surface area contributed by atoms with Crippen LogP contribution in [-0.2, 0) is 22.6 Å². The number of carbonyl (C=O) groups is 1. The normalized spacial score (nSPS) is 20.5. The van der Waals surface area contributed by atoms with E-state index < -0.39 is 0 Å². The van der Waals surface area contributed by atoms with Crippen LogP contribution >= 0.6 is 11.8 Å². The highest BCUT2D eigenvalue weighted by atomic mass is 32.2. The van der Waals surface area contributed by atoms with Crippen molar-refractivity contribution in [3.05, 3.63) is 47.5 Å². The summed E-state index contributed by atoms with van der Waals surface area (Å²) < 4.78 is 13.0. The molecule has 7 nitrogen and oxygen atoms in total. The first-order valence-electron chi connectivity index (χ1n) is 9.57. The number of hydrogen-bond acceptors (Lipinski definition) is 6. The number of thioether (sulfide) groups is 1. The van der Waals surface area contributed by atoms with Gasteiger partial charge < -0.3 is 14.4 Å². The molecule has 2 aliphatic rings. The summed E-state index contributed by atoms with van der Waals surface area (Å²) in [6.07, 6.45) is 3.03. The quantitative estimate of drug-likeness (QED) is 0.707. The summed E-state index contributed by atoms with van der Waals surface area (Å²) in [5.74, 6) is 0.982. The molecule has 1 amide bonds. The monoisotopic (exact) mass is 402 g/mol. The zero-order valence-electron chi connectivity index (χ0n) is 16.3. The van der Waals surface area contributed by atoms with Gasteiger partial charge in [-0.1, -0.05) is 6.07 Å². The molecule has 2 aromatic rings. The summed E-state index contributed by atoms with van der Waals surface area (Å²) in [5.41, 5.74) is 2.49. The van der Waals surface area contributed by atoms with E-state index in [0.29, 0.717) is 25.5 Å². The third-order valence-corrected chi connectivity index (χ3v) is 6.79. The fraction of sp³-hybridized carbons (Fsp3) is 0.550. The van der Waals surface area contributed by atoms with E-state index >= 15 is 0 Å². The van der Waals surface area contributed by atoms with Gasteiger partial charge >= 0.3 is 0 Å². The van der Waals surface area contributed by atoms with Crippen LogP contribution in [0, 0.1) is 6.92 Å². The first-order chi connectivity index (χ1) is 13.6. The lowest BCUT2D eigenvalue weighted by molar-refractivity contribution is 0.0242. The molecule has 0 aliphatic carbocycles. The number of rotatable bonds is 7. The average molecular weight is 403 g/mol. The molecule has 0 unspecified atom stereocenters. The Labute approximate surface area is 169 Å². The van der Waals surface area contributed by atoms with Gasteiger partial charge in [-0.3, -0.25) is 14.5 Å². The van der Waals surface area contributed by atoms with Crippen LogP contribution in [-0.4, -0.2) is 69.0 Å². The minimum atomic E-state index is 0.00993. The first-order valence-corrected chi connectivity index (χ1v) is 10.6. The lowest BCUT2D eigenvalue weighted by Crippen LogP contribution is -2.60. The van der Waals surface area contributed by atoms with Gasteiger partial charge in [-0.25, -0.2) is 0 Å². The number of pyridine rings is 1. The minimum absolute atomic E-state index is 0.00993. The molecule has 2 fully saturated rings. The number of carbonyl (C=O) groups excluding carboxylic acids is 1. The Morgan fingerprint density at radius 3 is 3.00 bits per heavy atom. The molecule has 150 valence electrons. The van der Waals surface area contributed by atoms with Crippen LogP contribution in [0.1, 0.15) is 28.3 Å². The fourth-order valence-corrected chi connectivity index (χ4v) is 5.30. The lowest BCUT2D eigenvalue weighted by atomic mass is 9.92. The lowest BCUT2D eigenvalue weighted by Gasteiger charge is -2.47. The van der Waals surface area contributed by atoms with Crippen LogP contribution in [0.4, 0.5) is 0 Å². The van der Waals surface area contributed by atoms with E-state index in [0.717, 1.165) is 36.7 Å². The number of aryl methyl sites for hydroxylation is 1. The molecule has 0 aromatic carbocycles. The van der Waals surface area contributed by atoms with Gasteiger partial charge in [0.2, 0.25) is 0 Å². The molecule has 0 radical (unpaired) electrons. The van der Waals surface area contributed by atoms with Crippen LogP contribution < -0.4 is 0 Å². The summed E-state index contributed by atoms with van der Waals surface area (Å²) >= 11 is 1.93. The Morgan fingerprint density at radius 2 is 2.21 bits per heavy atom. The van der Waals surface area contributed by atoms with Gasteiger partial charge in [0.25, 0.3) is 5.91 Å². The van der Waals surface area contributed by atoms with Crippen molar-refractivity contribution in [1.29, 1.82) is 0 Å². The van der Waals surface area contributed by atoms with Gasteiger partial charge in [0, 0.05) is 37.8 Å². The molecule has 1 atom stereocenters. The number of aromatic nitrogens is 3. The molecule has 0 bridgehead atoms. The van der Waals surface area contributed by atoms with Crippen molar-refractivity contribution in [3.63, 3.8) is 0 Å². The molecule has 2 saturated heterocycles. The Balaban J connectivity index is 1.25. The van der Waals surface area contributed by atoms with Crippen molar-refractivity contribution in [3.8, 4) is 0 Å². The maximum Gasteiger partial charge on any atom is 0.274 e. The van der Waals surface area contributed by atoms with Crippen LogP contribution in [0.25, 0.3) is 0 Å². The maximum absolute atomic E-state index is 12.6. The standard InChI is InChI=1S/C20H26N4O3S/c1-15-4-3-5-16(21-15)11-27-17-10-20(28-12-17)13-23(14-20)19(25)18-6-7-24(22-18)8-9-26-2/h3-7,17H,8-14H2,1-2H3/t17-/m1/s1.